The first-order valence-electron chi connectivity index (χ1n) is 23.7. The molecule has 4 N–H and O–H groups in total. The van der Waals surface area contributed by atoms with Crippen LogP contribution in [0.4, 0.5) is 49.8 Å². The van der Waals surface area contributed by atoms with Gasteiger partial charge in [-0.05, 0) is 50.3 Å². The summed E-state index contributed by atoms with van der Waals surface area (Å²) in [6, 6.07) is 3.84. The number of hydrogen-bond acceptors (Lipinski definition) is 17. The summed E-state index contributed by atoms with van der Waals surface area (Å²) in [6.07, 6.45) is 8.73. The lowest BCUT2D eigenvalue weighted by molar-refractivity contribution is -0.120. The largest absolute Gasteiger partial charge is 0.495 e. The number of ether oxygens (including phenoxy) is 3. The third-order valence-electron chi connectivity index (χ3n) is 13.5. The predicted molar refractivity (Wildman–Crippen MR) is 261 cm³/mol. The van der Waals surface area contributed by atoms with E-state index in [2.05, 4.69) is 57.8 Å². The fraction of sp³-hybridized carbons (Fsp3) is 0.489. The van der Waals surface area contributed by atoms with E-state index in [1.54, 1.807) is 77.1 Å². The lowest BCUT2D eigenvalue weighted by atomic mass is 10.0. The van der Waals surface area contributed by atoms with E-state index in [0.29, 0.717) is 89.5 Å². The second-order valence-electron chi connectivity index (χ2n) is 18.3. The Morgan fingerprint density at radius 2 is 1.70 bits per heavy atom. The molecule has 1 aromatic carbocycles. The SMILES string of the molecule is C=C(COC(=O)N1CCC(NC(=O)c2ccc(Nc3ncc4c(n3)N(C3CCCC3)[C@H](CC)C(=O)N4C)c(OC)c2)CC1)C(=O)N[C@@H]1CN(c2nc(Nc3cn(C)nc3OC)c3ncn(C)c3n2)C[C@H]1F. The van der Waals surface area contributed by atoms with Gasteiger partial charge in [0.2, 0.25) is 23.7 Å². The van der Waals surface area contributed by atoms with Crippen LogP contribution in [0.25, 0.3) is 11.2 Å². The smallest absolute Gasteiger partial charge is 0.410 e. The molecule has 23 nitrogen and oxygen atoms in total. The zero-order valence-electron chi connectivity index (χ0n) is 40.6. The highest BCUT2D eigenvalue weighted by Gasteiger charge is 2.42. The quantitative estimate of drug-likeness (QED) is 0.108. The molecule has 3 fully saturated rings. The van der Waals surface area contributed by atoms with Gasteiger partial charge in [0.1, 0.15) is 35.9 Å². The molecule has 9 rings (SSSR count). The molecule has 0 spiro atoms. The number of nitrogens with one attached hydrogen (secondary N) is 4. The van der Waals surface area contributed by atoms with Gasteiger partial charge in [0, 0.05) is 64.0 Å². The lowest BCUT2D eigenvalue weighted by Crippen LogP contribution is -2.55. The first kappa shape index (κ1) is 48.2. The minimum Gasteiger partial charge on any atom is -0.495 e. The number of aromatic nitrogens is 8. The lowest BCUT2D eigenvalue weighted by Gasteiger charge is -2.43. The van der Waals surface area contributed by atoms with Crippen molar-refractivity contribution in [3.8, 4) is 11.6 Å². The number of likely N-dealkylation sites (tertiary alicyclic amines) is 1. The maximum absolute atomic E-state index is 15.5. The molecule has 376 valence electrons. The highest BCUT2D eigenvalue weighted by Crippen LogP contribution is 2.41. The Balaban J connectivity index is 0.742. The number of anilines is 7. The molecule has 0 bridgehead atoms. The van der Waals surface area contributed by atoms with Crippen molar-refractivity contribution in [2.24, 2.45) is 14.1 Å². The Labute approximate surface area is 409 Å². The number of halogens is 1. The fourth-order valence-corrected chi connectivity index (χ4v) is 9.67. The van der Waals surface area contributed by atoms with Crippen LogP contribution in [-0.2, 0) is 28.4 Å². The number of likely N-dealkylation sites (N-methyl/N-ethyl adjacent to an activating group) is 1. The Kier molecular flexibility index (Phi) is 13.8. The van der Waals surface area contributed by atoms with Crippen LogP contribution in [-0.4, -0.2) is 152 Å². The summed E-state index contributed by atoms with van der Waals surface area (Å²) in [5, 5.41) is 16.5. The van der Waals surface area contributed by atoms with Gasteiger partial charge in [0.15, 0.2) is 22.8 Å². The summed E-state index contributed by atoms with van der Waals surface area (Å²) in [5.41, 5.74) is 3.10. The molecule has 3 aliphatic heterocycles. The number of rotatable bonds is 15. The van der Waals surface area contributed by atoms with E-state index in [1.807, 2.05) is 6.92 Å². The summed E-state index contributed by atoms with van der Waals surface area (Å²) in [7, 11) is 8.32. The molecule has 4 amide bonds. The van der Waals surface area contributed by atoms with Gasteiger partial charge in [-0.3, -0.25) is 19.1 Å². The Bertz CT molecular complexity index is 2840. The fourth-order valence-electron chi connectivity index (χ4n) is 9.67. The van der Waals surface area contributed by atoms with Gasteiger partial charge in [-0.25, -0.2) is 19.2 Å². The number of imidazole rings is 1. The van der Waals surface area contributed by atoms with Gasteiger partial charge in [0.25, 0.3) is 11.8 Å². The van der Waals surface area contributed by atoms with E-state index in [1.165, 1.54) is 19.1 Å². The third-order valence-corrected chi connectivity index (χ3v) is 13.5. The Morgan fingerprint density at radius 1 is 0.930 bits per heavy atom. The molecule has 1 saturated carbocycles. The number of amides is 4. The number of methoxy groups -OCH3 is 2. The first-order chi connectivity index (χ1) is 34.2. The molecule has 2 saturated heterocycles. The van der Waals surface area contributed by atoms with Crippen LogP contribution < -0.4 is 45.4 Å². The maximum Gasteiger partial charge on any atom is 0.410 e. The minimum atomic E-state index is -1.46. The molecule has 4 aliphatic rings. The van der Waals surface area contributed by atoms with Crippen LogP contribution in [0.5, 0.6) is 11.6 Å². The second-order valence-corrected chi connectivity index (χ2v) is 18.3. The van der Waals surface area contributed by atoms with Crippen molar-refractivity contribution in [3.05, 3.63) is 54.6 Å². The normalized spacial score (nSPS) is 19.5. The maximum atomic E-state index is 15.5. The van der Waals surface area contributed by atoms with E-state index in [0.717, 1.165) is 31.5 Å². The third kappa shape index (κ3) is 9.86. The Morgan fingerprint density at radius 3 is 2.44 bits per heavy atom. The molecule has 7 heterocycles. The molecule has 0 unspecified atom stereocenters. The molecule has 0 radical (unpaired) electrons. The van der Waals surface area contributed by atoms with Crippen molar-refractivity contribution < 1.29 is 37.8 Å². The average molecular weight is 979 g/mol. The number of carbonyl (C=O) groups excluding carboxylic acids is 4. The van der Waals surface area contributed by atoms with Gasteiger partial charge in [-0.2, -0.15) is 15.0 Å². The van der Waals surface area contributed by atoms with Crippen molar-refractivity contribution in [1.29, 1.82) is 0 Å². The molecular weight excluding hydrogens is 920 g/mol. The van der Waals surface area contributed by atoms with E-state index in [9.17, 15) is 19.2 Å². The number of piperidine rings is 1. The number of fused-ring (bicyclic) bond motifs is 2. The highest BCUT2D eigenvalue weighted by atomic mass is 19.1. The molecule has 24 heteroatoms. The number of benzene rings is 1. The summed E-state index contributed by atoms with van der Waals surface area (Å²) < 4.78 is 35.3. The van der Waals surface area contributed by atoms with Crippen molar-refractivity contribution in [3.63, 3.8) is 0 Å². The number of carbonyl (C=O) groups is 4. The summed E-state index contributed by atoms with van der Waals surface area (Å²) >= 11 is 0. The van der Waals surface area contributed by atoms with Crippen LogP contribution >= 0.6 is 0 Å². The standard InChI is InChI=1S/C47H59FN16O7/c1-8-34-44(67)61(5)35-20-49-45(56-39(35)64(34)29-11-9-10-12-29)54-31-14-13-27(19-36(31)69-6)42(66)51-28-15-17-62(18-16-28)47(68)71-24-26(2)41(65)53-32-23-63(21-30(32)48)46-55-38(37-40(57-46)59(3)25-50-37)52-33-22-60(4)58-43(33)70-7/h13-14,19-20,22,25,28-30,32,34H,2,8-12,15-18,21,23-24H2,1,3-7H3,(H,51,66)(H,53,65)(H,49,54,56)(H,52,55,57)/t30-,32-,34-/m1/s1. The van der Waals surface area contributed by atoms with Gasteiger partial charge < -0.3 is 59.6 Å². The number of aryl methyl sites for hydroxylation is 2. The first-order valence-corrected chi connectivity index (χ1v) is 23.7. The van der Waals surface area contributed by atoms with Crippen LogP contribution in [0.2, 0.25) is 0 Å². The number of nitrogens with zero attached hydrogens (tertiary/aromatic N) is 12. The van der Waals surface area contributed by atoms with E-state index in [4.69, 9.17) is 19.2 Å². The molecule has 5 aromatic rings. The van der Waals surface area contributed by atoms with E-state index in [-0.39, 0.29) is 54.6 Å². The van der Waals surface area contributed by atoms with Crippen molar-refractivity contribution in [2.75, 3.05) is 79.4 Å². The topological polar surface area (TPSA) is 244 Å². The van der Waals surface area contributed by atoms with E-state index >= 15 is 4.39 Å². The summed E-state index contributed by atoms with van der Waals surface area (Å²) in [5.74, 6) is 1.49. The van der Waals surface area contributed by atoms with Crippen LogP contribution in [0.1, 0.15) is 62.2 Å². The summed E-state index contributed by atoms with van der Waals surface area (Å²) in [4.78, 5) is 83.2. The van der Waals surface area contributed by atoms with Gasteiger partial charge in [-0.1, -0.05) is 26.3 Å². The second kappa shape index (κ2) is 20.3. The average Bonchev–Trinajstić information content (AvgIpc) is 4.20. The van der Waals surface area contributed by atoms with Crippen molar-refractivity contribution >= 4 is 75.6 Å². The van der Waals surface area contributed by atoms with Crippen molar-refractivity contribution in [2.45, 2.75) is 82.2 Å². The van der Waals surface area contributed by atoms with Crippen LogP contribution in [0, 0.1) is 0 Å². The van der Waals surface area contributed by atoms with E-state index < -0.39 is 30.8 Å². The number of alkyl halides is 1. The molecule has 1 aliphatic carbocycles. The zero-order valence-corrected chi connectivity index (χ0v) is 40.6. The van der Waals surface area contributed by atoms with Gasteiger partial charge in [-0.15, -0.1) is 5.10 Å². The molecule has 4 aromatic heterocycles. The van der Waals surface area contributed by atoms with Gasteiger partial charge in [0.05, 0.1) is 51.2 Å². The zero-order chi connectivity index (χ0) is 50.1. The Hall–Kier alpha value is -7.79. The van der Waals surface area contributed by atoms with Gasteiger partial charge >= 0.3 is 6.09 Å². The monoisotopic (exact) mass is 978 g/mol. The highest BCUT2D eigenvalue weighted by molar-refractivity contribution is 6.04. The summed E-state index contributed by atoms with van der Waals surface area (Å²) in [6.45, 7) is 6.00. The van der Waals surface area contributed by atoms with Crippen molar-refractivity contribution in [1.82, 2.24) is 54.8 Å². The van der Waals surface area contributed by atoms with Crippen LogP contribution in [0.3, 0.4) is 0 Å². The molecular formula is C47H59FN16O7. The minimum absolute atomic E-state index is 0.0379. The number of hydrogen-bond donors (Lipinski definition) is 4. The molecule has 3 atom stereocenters. The van der Waals surface area contributed by atoms with Crippen LogP contribution in [0.15, 0.2) is 49.1 Å². The molecule has 71 heavy (non-hydrogen) atoms. The predicted octanol–water partition coefficient (Wildman–Crippen LogP) is 4.13.